The minimum absolute atomic E-state index is 0.0839. The van der Waals surface area contributed by atoms with Gasteiger partial charge in [0, 0.05) is 5.38 Å². The lowest BCUT2D eigenvalue weighted by Gasteiger charge is -2.26. The minimum atomic E-state index is -0.433. The quantitative estimate of drug-likeness (QED) is 0.838. The van der Waals surface area contributed by atoms with Gasteiger partial charge in [0.25, 0.3) is 0 Å². The first kappa shape index (κ1) is 16.6. The lowest BCUT2D eigenvalue weighted by Crippen LogP contribution is -2.35. The van der Waals surface area contributed by atoms with Gasteiger partial charge in [0.05, 0.1) is 12.1 Å². The van der Waals surface area contributed by atoms with E-state index in [1.807, 2.05) is 30.3 Å². The third-order valence-corrected chi connectivity index (χ3v) is 4.81. The van der Waals surface area contributed by atoms with Crippen molar-refractivity contribution in [2.75, 3.05) is 18.4 Å². The van der Waals surface area contributed by atoms with E-state index < -0.39 is 5.91 Å². The van der Waals surface area contributed by atoms with Crippen LogP contribution >= 0.6 is 11.3 Å². The standard InChI is InChI=1S/C17H20N4O2S/c18-14(22)10-13-11-24-17(19-13)20-16(23)15(21-8-4-5-9-21)12-6-2-1-3-7-12/h1-3,6-7,11,15H,4-5,8-10H2,(H2,18,22)(H,19,20,23)/t15-/m0/s1. The molecule has 0 aliphatic carbocycles. The van der Waals surface area contributed by atoms with Crippen LogP contribution in [0, 0.1) is 0 Å². The van der Waals surface area contributed by atoms with E-state index in [9.17, 15) is 9.59 Å². The summed E-state index contributed by atoms with van der Waals surface area (Å²) in [7, 11) is 0. The van der Waals surface area contributed by atoms with Crippen molar-refractivity contribution in [3.8, 4) is 0 Å². The number of aromatic nitrogens is 1. The van der Waals surface area contributed by atoms with Crippen molar-refractivity contribution in [3.05, 3.63) is 47.0 Å². The largest absolute Gasteiger partial charge is 0.369 e. The molecule has 1 aromatic heterocycles. The van der Waals surface area contributed by atoms with Crippen molar-refractivity contribution in [2.24, 2.45) is 5.73 Å². The molecule has 1 saturated heterocycles. The second kappa shape index (κ2) is 7.55. The summed E-state index contributed by atoms with van der Waals surface area (Å²) in [6.45, 7) is 1.83. The first-order valence-electron chi connectivity index (χ1n) is 7.96. The molecule has 126 valence electrons. The lowest BCUT2D eigenvalue weighted by molar-refractivity contribution is -0.121. The number of amides is 2. The Morgan fingerprint density at radius 2 is 1.96 bits per heavy atom. The van der Waals surface area contributed by atoms with E-state index in [2.05, 4.69) is 15.2 Å². The van der Waals surface area contributed by atoms with Crippen LogP contribution in [0.25, 0.3) is 0 Å². The molecule has 24 heavy (non-hydrogen) atoms. The fourth-order valence-electron chi connectivity index (χ4n) is 2.96. The van der Waals surface area contributed by atoms with Crippen molar-refractivity contribution in [1.82, 2.24) is 9.88 Å². The molecule has 6 nitrogen and oxygen atoms in total. The third-order valence-electron chi connectivity index (χ3n) is 4.01. The van der Waals surface area contributed by atoms with Crippen LogP contribution in [0.4, 0.5) is 5.13 Å². The number of anilines is 1. The molecule has 0 saturated carbocycles. The van der Waals surface area contributed by atoms with Crippen LogP contribution in [-0.2, 0) is 16.0 Å². The fourth-order valence-corrected chi connectivity index (χ4v) is 3.67. The number of carbonyl (C=O) groups excluding carboxylic acids is 2. The number of nitrogens with two attached hydrogens (primary N) is 1. The van der Waals surface area contributed by atoms with Gasteiger partial charge in [0.2, 0.25) is 11.8 Å². The van der Waals surface area contributed by atoms with Crippen LogP contribution in [0.3, 0.4) is 0 Å². The van der Waals surface area contributed by atoms with E-state index in [1.165, 1.54) is 11.3 Å². The van der Waals surface area contributed by atoms with E-state index in [0.29, 0.717) is 10.8 Å². The number of hydrogen-bond acceptors (Lipinski definition) is 5. The normalized spacial score (nSPS) is 16.0. The summed E-state index contributed by atoms with van der Waals surface area (Å²) < 4.78 is 0. The van der Waals surface area contributed by atoms with E-state index in [0.717, 1.165) is 31.5 Å². The molecular formula is C17H20N4O2S. The van der Waals surface area contributed by atoms with Crippen molar-refractivity contribution >= 4 is 28.3 Å². The Balaban J connectivity index is 1.76. The molecular weight excluding hydrogens is 324 g/mol. The molecule has 3 N–H and O–H groups in total. The Bertz CT molecular complexity index is 710. The fraction of sp³-hybridized carbons (Fsp3) is 0.353. The molecule has 0 unspecified atom stereocenters. The molecule has 0 radical (unpaired) electrons. The predicted octanol–water partition coefficient (Wildman–Crippen LogP) is 1.95. The number of benzene rings is 1. The summed E-state index contributed by atoms with van der Waals surface area (Å²) in [5.74, 6) is -0.527. The number of rotatable bonds is 6. The highest BCUT2D eigenvalue weighted by Gasteiger charge is 2.30. The third kappa shape index (κ3) is 3.98. The lowest BCUT2D eigenvalue weighted by atomic mass is 10.1. The summed E-state index contributed by atoms with van der Waals surface area (Å²) in [4.78, 5) is 30.3. The molecule has 0 spiro atoms. The summed E-state index contributed by atoms with van der Waals surface area (Å²) >= 11 is 1.31. The van der Waals surface area contributed by atoms with Gasteiger partial charge in [-0.1, -0.05) is 30.3 Å². The van der Waals surface area contributed by atoms with Crippen LogP contribution in [0.2, 0.25) is 0 Å². The molecule has 1 aromatic carbocycles. The van der Waals surface area contributed by atoms with Gasteiger partial charge in [-0.25, -0.2) is 4.98 Å². The van der Waals surface area contributed by atoms with Gasteiger partial charge in [0.15, 0.2) is 5.13 Å². The van der Waals surface area contributed by atoms with Crippen LogP contribution < -0.4 is 11.1 Å². The Morgan fingerprint density at radius 1 is 1.25 bits per heavy atom. The second-order valence-electron chi connectivity index (χ2n) is 5.83. The van der Waals surface area contributed by atoms with Gasteiger partial charge in [-0.2, -0.15) is 0 Å². The second-order valence-corrected chi connectivity index (χ2v) is 6.69. The highest BCUT2D eigenvalue weighted by atomic mass is 32.1. The molecule has 1 aliphatic rings. The number of primary amides is 1. The van der Waals surface area contributed by atoms with E-state index in [4.69, 9.17) is 5.73 Å². The van der Waals surface area contributed by atoms with Crippen molar-refractivity contribution < 1.29 is 9.59 Å². The summed E-state index contributed by atoms with van der Waals surface area (Å²) in [6, 6.07) is 9.46. The SMILES string of the molecule is NC(=O)Cc1csc(NC(=O)[C@H](c2ccccc2)N2CCCC2)n1. The van der Waals surface area contributed by atoms with Gasteiger partial charge in [0.1, 0.15) is 6.04 Å². The number of hydrogen-bond donors (Lipinski definition) is 2. The van der Waals surface area contributed by atoms with Gasteiger partial charge in [-0.15, -0.1) is 11.3 Å². The summed E-state index contributed by atoms with van der Waals surface area (Å²) in [5.41, 5.74) is 6.73. The smallest absolute Gasteiger partial charge is 0.248 e. The van der Waals surface area contributed by atoms with Crippen molar-refractivity contribution in [3.63, 3.8) is 0 Å². The highest BCUT2D eigenvalue weighted by Crippen LogP contribution is 2.27. The van der Waals surface area contributed by atoms with Gasteiger partial charge in [-0.3, -0.25) is 14.5 Å². The van der Waals surface area contributed by atoms with Gasteiger partial charge in [-0.05, 0) is 31.5 Å². The van der Waals surface area contributed by atoms with Crippen LogP contribution in [0.1, 0.15) is 30.1 Å². The van der Waals surface area contributed by atoms with Gasteiger partial charge >= 0.3 is 0 Å². The zero-order chi connectivity index (χ0) is 16.9. The Labute approximate surface area is 144 Å². The number of thiazole rings is 1. The van der Waals surface area contributed by atoms with Crippen molar-refractivity contribution in [2.45, 2.75) is 25.3 Å². The highest BCUT2D eigenvalue weighted by molar-refractivity contribution is 7.13. The van der Waals surface area contributed by atoms with Gasteiger partial charge < -0.3 is 11.1 Å². The average molecular weight is 344 g/mol. The summed E-state index contributed by atoms with van der Waals surface area (Å²) in [6.07, 6.45) is 2.30. The summed E-state index contributed by atoms with van der Waals surface area (Å²) in [5, 5.41) is 5.13. The van der Waals surface area contributed by atoms with E-state index in [1.54, 1.807) is 5.38 Å². The van der Waals surface area contributed by atoms with Crippen LogP contribution in [-0.4, -0.2) is 34.8 Å². The molecule has 0 bridgehead atoms. The first-order valence-corrected chi connectivity index (χ1v) is 8.84. The number of nitrogens with zero attached hydrogens (tertiary/aromatic N) is 2. The maximum atomic E-state index is 12.9. The zero-order valence-corrected chi connectivity index (χ0v) is 14.1. The van der Waals surface area contributed by atoms with Crippen molar-refractivity contribution in [1.29, 1.82) is 0 Å². The molecule has 1 fully saturated rings. The maximum absolute atomic E-state index is 12.9. The zero-order valence-electron chi connectivity index (χ0n) is 13.3. The Hall–Kier alpha value is -2.25. The Morgan fingerprint density at radius 3 is 2.62 bits per heavy atom. The molecule has 2 heterocycles. The average Bonchev–Trinajstić information content (AvgIpc) is 3.21. The minimum Gasteiger partial charge on any atom is -0.369 e. The molecule has 7 heteroatoms. The number of carbonyl (C=O) groups is 2. The molecule has 1 aliphatic heterocycles. The monoisotopic (exact) mass is 344 g/mol. The number of nitrogens with one attached hydrogen (secondary N) is 1. The Kier molecular flexibility index (Phi) is 5.22. The number of likely N-dealkylation sites (tertiary alicyclic amines) is 1. The maximum Gasteiger partial charge on any atom is 0.248 e. The molecule has 1 atom stereocenters. The topological polar surface area (TPSA) is 88.3 Å². The molecule has 2 amide bonds. The van der Waals surface area contributed by atoms with Crippen LogP contribution in [0.5, 0.6) is 0 Å². The van der Waals surface area contributed by atoms with E-state index in [-0.39, 0.29) is 18.4 Å². The molecule has 2 aromatic rings. The van der Waals surface area contributed by atoms with Crippen LogP contribution in [0.15, 0.2) is 35.7 Å². The predicted molar refractivity (Wildman–Crippen MR) is 93.6 cm³/mol. The molecule has 3 rings (SSSR count). The van der Waals surface area contributed by atoms with E-state index >= 15 is 0 Å². The first-order chi connectivity index (χ1) is 11.6.